The molecular formula is C20H32OS. The highest BCUT2D eigenvalue weighted by Crippen LogP contribution is 2.38. The summed E-state index contributed by atoms with van der Waals surface area (Å²) in [5, 5.41) is 0. The number of carbonyl (C=O) groups is 1. The van der Waals surface area contributed by atoms with Gasteiger partial charge in [-0.2, -0.15) is 11.8 Å². The topological polar surface area (TPSA) is 17.1 Å². The second-order valence-electron chi connectivity index (χ2n) is 7.40. The summed E-state index contributed by atoms with van der Waals surface area (Å²) in [5.41, 5.74) is 3.85. The molecule has 22 heavy (non-hydrogen) atoms. The van der Waals surface area contributed by atoms with Crippen LogP contribution in [-0.2, 0) is 10.8 Å². The first-order valence-corrected chi connectivity index (χ1v) is 9.76. The van der Waals surface area contributed by atoms with Gasteiger partial charge in [0.1, 0.15) is 0 Å². The van der Waals surface area contributed by atoms with Gasteiger partial charge in [-0.25, -0.2) is 0 Å². The third kappa shape index (κ3) is 4.38. The van der Waals surface area contributed by atoms with Crippen molar-refractivity contribution in [1.82, 2.24) is 0 Å². The fourth-order valence-electron chi connectivity index (χ4n) is 2.59. The summed E-state index contributed by atoms with van der Waals surface area (Å²) in [6.07, 6.45) is 4.84. The molecule has 0 aliphatic heterocycles. The lowest BCUT2D eigenvalue weighted by Gasteiger charge is -2.34. The van der Waals surface area contributed by atoms with E-state index in [1.165, 1.54) is 11.1 Å². The minimum Gasteiger partial charge on any atom is -0.294 e. The van der Waals surface area contributed by atoms with Crippen molar-refractivity contribution in [3.05, 3.63) is 34.9 Å². The van der Waals surface area contributed by atoms with Gasteiger partial charge < -0.3 is 0 Å². The second-order valence-corrected chi connectivity index (χ2v) is 8.39. The van der Waals surface area contributed by atoms with E-state index in [0.29, 0.717) is 6.42 Å². The molecule has 0 radical (unpaired) electrons. The molecule has 0 atom stereocenters. The summed E-state index contributed by atoms with van der Waals surface area (Å²) in [4.78, 5) is 12.4. The van der Waals surface area contributed by atoms with Crippen LogP contribution >= 0.6 is 11.8 Å². The van der Waals surface area contributed by atoms with E-state index in [1.807, 2.05) is 12.3 Å². The van der Waals surface area contributed by atoms with Gasteiger partial charge in [0.15, 0.2) is 5.78 Å². The third-order valence-electron chi connectivity index (χ3n) is 5.10. The number of benzene rings is 1. The first-order valence-electron chi connectivity index (χ1n) is 8.36. The first kappa shape index (κ1) is 19.3. The van der Waals surface area contributed by atoms with Gasteiger partial charge in [-0.3, -0.25) is 4.79 Å². The van der Waals surface area contributed by atoms with E-state index >= 15 is 0 Å². The average molecular weight is 321 g/mol. The smallest absolute Gasteiger partial charge is 0.163 e. The van der Waals surface area contributed by atoms with E-state index in [9.17, 15) is 4.79 Å². The van der Waals surface area contributed by atoms with Crippen LogP contribution in [0.1, 0.15) is 82.3 Å². The first-order chi connectivity index (χ1) is 10.2. The summed E-state index contributed by atoms with van der Waals surface area (Å²) >= 11 is 1.73. The van der Waals surface area contributed by atoms with E-state index in [-0.39, 0.29) is 16.6 Å². The number of rotatable bonds is 8. The molecule has 0 bridgehead atoms. The Morgan fingerprint density at radius 1 is 1.00 bits per heavy atom. The summed E-state index contributed by atoms with van der Waals surface area (Å²) in [7, 11) is 0. The van der Waals surface area contributed by atoms with Crippen LogP contribution in [0, 0.1) is 0 Å². The van der Waals surface area contributed by atoms with Crippen molar-refractivity contribution in [3.8, 4) is 0 Å². The molecule has 124 valence electrons. The Hall–Kier alpha value is -0.760. The highest BCUT2D eigenvalue weighted by Gasteiger charge is 2.29. The van der Waals surface area contributed by atoms with Crippen molar-refractivity contribution >= 4 is 17.5 Å². The van der Waals surface area contributed by atoms with Gasteiger partial charge in [0.25, 0.3) is 0 Å². The number of Topliss-reactive ketones (excluding diaryl/α,β-unsaturated/α-hetero) is 1. The van der Waals surface area contributed by atoms with Gasteiger partial charge in [0, 0.05) is 17.7 Å². The van der Waals surface area contributed by atoms with Crippen LogP contribution in [0.5, 0.6) is 0 Å². The quantitative estimate of drug-likeness (QED) is 0.547. The molecule has 0 saturated carbocycles. The predicted molar refractivity (Wildman–Crippen MR) is 100 cm³/mol. The number of thioether (sulfide) groups is 1. The Morgan fingerprint density at radius 2 is 1.55 bits per heavy atom. The van der Waals surface area contributed by atoms with Crippen LogP contribution in [0.3, 0.4) is 0 Å². The fourth-order valence-corrected chi connectivity index (χ4v) is 2.98. The Morgan fingerprint density at radius 3 is 2.05 bits per heavy atom. The molecule has 0 saturated heterocycles. The monoisotopic (exact) mass is 320 g/mol. The van der Waals surface area contributed by atoms with Crippen LogP contribution in [0.15, 0.2) is 18.2 Å². The van der Waals surface area contributed by atoms with E-state index in [1.54, 1.807) is 11.8 Å². The number of carbonyl (C=O) groups excluding carboxylic acids is 1. The van der Waals surface area contributed by atoms with Crippen LogP contribution in [0.4, 0.5) is 0 Å². The summed E-state index contributed by atoms with van der Waals surface area (Å²) < 4.78 is 0. The van der Waals surface area contributed by atoms with Crippen molar-refractivity contribution < 1.29 is 4.79 Å². The maximum Gasteiger partial charge on any atom is 0.163 e. The van der Waals surface area contributed by atoms with Crippen molar-refractivity contribution in [3.63, 3.8) is 0 Å². The molecule has 1 aromatic carbocycles. The highest BCUT2D eigenvalue weighted by molar-refractivity contribution is 7.98. The normalized spacial score (nSPS) is 12.5. The third-order valence-corrected chi connectivity index (χ3v) is 5.71. The minimum atomic E-state index is 0.0948. The molecule has 0 spiro atoms. The molecule has 1 nitrogen and oxygen atoms in total. The molecule has 0 aliphatic carbocycles. The van der Waals surface area contributed by atoms with E-state index in [4.69, 9.17) is 0 Å². The van der Waals surface area contributed by atoms with Crippen molar-refractivity contribution in [2.24, 2.45) is 0 Å². The maximum absolute atomic E-state index is 12.4. The predicted octanol–water partition coefficient (Wildman–Crippen LogP) is 6.00. The molecule has 0 heterocycles. The molecule has 0 amide bonds. The van der Waals surface area contributed by atoms with Gasteiger partial charge in [-0.05, 0) is 47.1 Å². The molecule has 0 fully saturated rings. The number of hydrogen-bond acceptors (Lipinski definition) is 2. The Balaban J connectivity index is 3.35. The summed E-state index contributed by atoms with van der Waals surface area (Å²) in [5.74, 6) is 1.16. The van der Waals surface area contributed by atoms with Crippen LogP contribution in [-0.4, -0.2) is 17.8 Å². The lowest BCUT2D eigenvalue weighted by atomic mass is 9.71. The lowest BCUT2D eigenvalue weighted by Crippen LogP contribution is -2.26. The SMILES string of the molecule is CCC(C)(C)c1ccc(C(=O)CCSC)cc1C(C)(C)CC. The van der Waals surface area contributed by atoms with Crippen molar-refractivity contribution in [1.29, 1.82) is 0 Å². The van der Waals surface area contributed by atoms with Gasteiger partial charge in [-0.15, -0.1) is 0 Å². The van der Waals surface area contributed by atoms with Gasteiger partial charge >= 0.3 is 0 Å². The standard InChI is InChI=1S/C20H32OS/c1-8-19(3,4)16-11-10-15(18(21)12-13-22-7)14-17(16)20(5,6)9-2/h10-11,14H,8-9,12-13H2,1-7H3. The van der Waals surface area contributed by atoms with Crippen LogP contribution in [0.2, 0.25) is 0 Å². The second kappa shape index (κ2) is 7.68. The van der Waals surface area contributed by atoms with E-state index in [2.05, 4.69) is 53.7 Å². The molecule has 0 N–H and O–H groups in total. The fraction of sp³-hybridized carbons (Fsp3) is 0.650. The number of hydrogen-bond donors (Lipinski definition) is 0. The van der Waals surface area contributed by atoms with Gasteiger partial charge in [-0.1, -0.05) is 53.7 Å². The molecule has 2 heteroatoms. The van der Waals surface area contributed by atoms with Gasteiger partial charge in [0.2, 0.25) is 0 Å². The molecule has 0 aliphatic rings. The summed E-state index contributed by atoms with van der Waals surface area (Å²) in [6.45, 7) is 13.6. The van der Waals surface area contributed by atoms with E-state index in [0.717, 1.165) is 24.2 Å². The van der Waals surface area contributed by atoms with Gasteiger partial charge in [0.05, 0.1) is 0 Å². The van der Waals surface area contributed by atoms with Crippen molar-refractivity contribution in [2.75, 3.05) is 12.0 Å². The molecule has 1 rings (SSSR count). The Kier molecular flexibility index (Phi) is 6.73. The molecule has 1 aromatic rings. The number of ketones is 1. The van der Waals surface area contributed by atoms with Crippen LogP contribution < -0.4 is 0 Å². The largest absolute Gasteiger partial charge is 0.294 e. The average Bonchev–Trinajstić information content (AvgIpc) is 2.51. The molecular weight excluding hydrogens is 288 g/mol. The minimum absolute atomic E-state index is 0.0948. The molecule has 0 unspecified atom stereocenters. The Labute approximate surface area is 141 Å². The lowest BCUT2D eigenvalue weighted by molar-refractivity contribution is 0.0989. The van der Waals surface area contributed by atoms with Crippen molar-refractivity contribution in [2.45, 2.75) is 71.6 Å². The maximum atomic E-state index is 12.4. The zero-order chi connectivity index (χ0) is 17.0. The van der Waals surface area contributed by atoms with Crippen LogP contribution in [0.25, 0.3) is 0 Å². The zero-order valence-corrected chi connectivity index (χ0v) is 16.2. The summed E-state index contributed by atoms with van der Waals surface area (Å²) in [6, 6.07) is 6.39. The zero-order valence-electron chi connectivity index (χ0n) is 15.4. The molecule has 0 aromatic heterocycles. The van der Waals surface area contributed by atoms with E-state index < -0.39 is 0 Å². The highest BCUT2D eigenvalue weighted by atomic mass is 32.2. The Bertz CT molecular complexity index is 514.